The van der Waals surface area contributed by atoms with Gasteiger partial charge in [-0.2, -0.15) is 0 Å². The highest BCUT2D eigenvalue weighted by Crippen LogP contribution is 2.33. The van der Waals surface area contributed by atoms with Crippen LogP contribution in [-0.4, -0.2) is 42.2 Å². The maximum absolute atomic E-state index is 12.7. The summed E-state index contributed by atoms with van der Waals surface area (Å²) in [6.45, 7) is 0.929. The molecule has 1 atom stereocenters. The molecular weight excluding hydrogens is 408 g/mol. The Morgan fingerprint density at radius 1 is 0.939 bits per heavy atom. The molecule has 1 unspecified atom stereocenters. The van der Waals surface area contributed by atoms with Gasteiger partial charge in [-0.25, -0.2) is 0 Å². The highest BCUT2D eigenvalue weighted by molar-refractivity contribution is 5.84. The Balaban J connectivity index is 1.45. The number of hydrogen-bond acceptors (Lipinski definition) is 3. The number of nitrogens with zero attached hydrogens (tertiary/aromatic N) is 1. The molecule has 170 valence electrons. The van der Waals surface area contributed by atoms with E-state index in [2.05, 4.69) is 59.9 Å². The average Bonchev–Trinajstić information content (AvgIpc) is 3.01. The molecule has 0 bridgehead atoms. The Morgan fingerprint density at radius 3 is 2.12 bits per heavy atom. The Hall–Kier alpha value is -3.21. The van der Waals surface area contributed by atoms with Crippen molar-refractivity contribution >= 4 is 11.5 Å². The molecule has 0 heterocycles. The molecule has 0 aromatic heterocycles. The molecule has 4 heteroatoms. The number of aliphatic hydroxyl groups is 1. The molecule has 0 aliphatic heterocycles. The molecule has 0 fully saturated rings. The fraction of sp³-hybridized carbons (Fsp3) is 0.276. The van der Waals surface area contributed by atoms with E-state index in [0.29, 0.717) is 13.1 Å². The van der Waals surface area contributed by atoms with Crippen LogP contribution in [0.3, 0.4) is 0 Å². The van der Waals surface area contributed by atoms with Gasteiger partial charge in [-0.15, -0.1) is 0 Å². The minimum absolute atomic E-state index is 0.151. The first-order valence-corrected chi connectivity index (χ1v) is 11.7. The van der Waals surface area contributed by atoms with Crippen LogP contribution in [0.4, 0.5) is 0 Å². The summed E-state index contributed by atoms with van der Waals surface area (Å²) in [5, 5.41) is 12.8. The number of carbonyl (C=O) groups excluding carboxylic acids is 1. The number of aliphatic hydroxyl groups excluding tert-OH is 1. The van der Waals surface area contributed by atoms with Crippen molar-refractivity contribution in [3.8, 4) is 0 Å². The first-order valence-electron chi connectivity index (χ1n) is 11.7. The largest absolute Gasteiger partial charge is 0.394 e. The van der Waals surface area contributed by atoms with Crippen molar-refractivity contribution in [1.29, 1.82) is 0 Å². The summed E-state index contributed by atoms with van der Waals surface area (Å²) >= 11 is 0. The fourth-order valence-corrected chi connectivity index (χ4v) is 4.53. The van der Waals surface area contributed by atoms with Gasteiger partial charge in [0.15, 0.2) is 0 Å². The number of fused-ring (bicyclic) bond motifs is 2. The third-order valence-electron chi connectivity index (χ3n) is 6.43. The molecule has 33 heavy (non-hydrogen) atoms. The molecule has 0 radical (unpaired) electrons. The van der Waals surface area contributed by atoms with E-state index in [0.717, 1.165) is 24.8 Å². The van der Waals surface area contributed by atoms with Crippen LogP contribution in [-0.2, 0) is 24.2 Å². The minimum Gasteiger partial charge on any atom is -0.394 e. The maximum atomic E-state index is 12.7. The van der Waals surface area contributed by atoms with Gasteiger partial charge in [-0.05, 0) is 59.7 Å². The minimum atomic E-state index is -0.569. The third-order valence-corrected chi connectivity index (χ3v) is 6.43. The molecule has 3 aromatic rings. The number of amides is 1. The predicted octanol–water partition coefficient (Wildman–Crippen LogP) is 4.22. The molecule has 4 rings (SSSR count). The van der Waals surface area contributed by atoms with Gasteiger partial charge in [0.1, 0.15) is 6.04 Å². The predicted molar refractivity (Wildman–Crippen MR) is 134 cm³/mol. The lowest BCUT2D eigenvalue weighted by atomic mass is 9.93. The van der Waals surface area contributed by atoms with Crippen LogP contribution in [0, 0.1) is 0 Å². The third kappa shape index (κ3) is 5.59. The molecule has 0 spiro atoms. The standard InChI is InChI=1S/C29H32N2O2/c1-31(28(21-32)29(33)30-20-22-10-3-2-4-11-22)19-9-16-27-25-14-7-5-12-23(25)17-18-24-13-6-8-15-26(24)27/h2-8,10-16,28,32H,9,17-21H2,1H3,(H,30,33). The summed E-state index contributed by atoms with van der Waals surface area (Å²) in [4.78, 5) is 14.6. The van der Waals surface area contributed by atoms with Crippen LogP contribution in [0.25, 0.3) is 5.57 Å². The number of aryl methyl sites for hydroxylation is 2. The summed E-state index contributed by atoms with van der Waals surface area (Å²) < 4.78 is 0. The fourth-order valence-electron chi connectivity index (χ4n) is 4.53. The van der Waals surface area contributed by atoms with Crippen LogP contribution in [0.15, 0.2) is 84.9 Å². The highest BCUT2D eigenvalue weighted by atomic mass is 16.3. The van der Waals surface area contributed by atoms with Crippen molar-refractivity contribution in [2.45, 2.75) is 31.8 Å². The van der Waals surface area contributed by atoms with Crippen molar-refractivity contribution in [2.24, 2.45) is 0 Å². The topological polar surface area (TPSA) is 52.6 Å². The second kappa shape index (κ2) is 11.1. The van der Waals surface area contributed by atoms with E-state index < -0.39 is 6.04 Å². The van der Waals surface area contributed by atoms with Crippen molar-refractivity contribution in [3.63, 3.8) is 0 Å². The molecule has 1 aliphatic rings. The van der Waals surface area contributed by atoms with Gasteiger partial charge in [-0.3, -0.25) is 9.69 Å². The number of rotatable bonds is 8. The van der Waals surface area contributed by atoms with E-state index in [9.17, 15) is 9.90 Å². The zero-order valence-corrected chi connectivity index (χ0v) is 19.2. The number of nitrogens with one attached hydrogen (secondary N) is 1. The first kappa shape index (κ1) is 23.0. The number of likely N-dealkylation sites (N-methyl/N-ethyl adjacent to an activating group) is 1. The van der Waals surface area contributed by atoms with E-state index >= 15 is 0 Å². The molecule has 0 saturated carbocycles. The lowest BCUT2D eigenvalue weighted by Crippen LogP contribution is -2.47. The van der Waals surface area contributed by atoms with Crippen molar-refractivity contribution in [3.05, 3.63) is 113 Å². The van der Waals surface area contributed by atoms with Gasteiger partial charge < -0.3 is 10.4 Å². The molecule has 3 aromatic carbocycles. The smallest absolute Gasteiger partial charge is 0.239 e. The van der Waals surface area contributed by atoms with Crippen LogP contribution in [0.1, 0.15) is 34.2 Å². The summed E-state index contributed by atoms with van der Waals surface area (Å²) in [6, 6.07) is 26.5. The van der Waals surface area contributed by atoms with Crippen molar-refractivity contribution < 1.29 is 9.90 Å². The molecule has 1 amide bonds. The van der Waals surface area contributed by atoms with Gasteiger partial charge in [0.2, 0.25) is 5.91 Å². The van der Waals surface area contributed by atoms with E-state index in [-0.39, 0.29) is 12.5 Å². The van der Waals surface area contributed by atoms with Gasteiger partial charge in [0.25, 0.3) is 0 Å². The van der Waals surface area contributed by atoms with Crippen LogP contribution in [0.5, 0.6) is 0 Å². The van der Waals surface area contributed by atoms with Gasteiger partial charge in [0.05, 0.1) is 6.61 Å². The van der Waals surface area contributed by atoms with E-state index in [1.807, 2.05) is 42.3 Å². The Bertz CT molecular complexity index is 1060. The van der Waals surface area contributed by atoms with Gasteiger partial charge in [-0.1, -0.05) is 84.9 Å². The zero-order valence-electron chi connectivity index (χ0n) is 19.2. The summed E-state index contributed by atoms with van der Waals surface area (Å²) in [5.41, 5.74) is 7.65. The lowest BCUT2D eigenvalue weighted by molar-refractivity contribution is -0.127. The number of carbonyl (C=O) groups is 1. The first-order chi connectivity index (χ1) is 16.2. The summed E-state index contributed by atoms with van der Waals surface area (Å²) in [6.07, 6.45) is 5.16. The normalized spacial score (nSPS) is 13.6. The van der Waals surface area contributed by atoms with Gasteiger partial charge >= 0.3 is 0 Å². The van der Waals surface area contributed by atoms with Gasteiger partial charge in [0, 0.05) is 13.1 Å². The SMILES string of the molecule is CN(CCC=C1c2ccccc2CCc2ccccc21)C(CO)C(=O)NCc1ccccc1. The monoisotopic (exact) mass is 440 g/mol. The second-order valence-electron chi connectivity index (χ2n) is 8.60. The summed E-state index contributed by atoms with van der Waals surface area (Å²) in [7, 11) is 1.90. The highest BCUT2D eigenvalue weighted by Gasteiger charge is 2.22. The Labute approximate surface area is 196 Å². The number of hydrogen-bond donors (Lipinski definition) is 2. The van der Waals surface area contributed by atoms with Crippen LogP contribution < -0.4 is 5.32 Å². The number of benzene rings is 3. The average molecular weight is 441 g/mol. The zero-order chi connectivity index (χ0) is 23.0. The van der Waals surface area contributed by atoms with Crippen molar-refractivity contribution in [2.75, 3.05) is 20.2 Å². The van der Waals surface area contributed by atoms with Crippen LogP contribution in [0.2, 0.25) is 0 Å². The molecule has 0 saturated heterocycles. The summed E-state index contributed by atoms with van der Waals surface area (Å²) in [5.74, 6) is -0.151. The van der Waals surface area contributed by atoms with Crippen LogP contribution >= 0.6 is 0 Å². The van der Waals surface area contributed by atoms with E-state index in [1.165, 1.54) is 27.8 Å². The second-order valence-corrected chi connectivity index (χ2v) is 8.60. The maximum Gasteiger partial charge on any atom is 0.239 e. The Kier molecular flexibility index (Phi) is 7.71. The molecule has 4 nitrogen and oxygen atoms in total. The van der Waals surface area contributed by atoms with Crippen molar-refractivity contribution in [1.82, 2.24) is 10.2 Å². The molecule has 2 N–H and O–H groups in total. The molecular formula is C29H32N2O2. The van der Waals surface area contributed by atoms with E-state index in [1.54, 1.807) is 0 Å². The quantitative estimate of drug-likeness (QED) is 0.552. The van der Waals surface area contributed by atoms with E-state index in [4.69, 9.17) is 0 Å². The lowest BCUT2D eigenvalue weighted by Gasteiger charge is -2.25. The Morgan fingerprint density at radius 2 is 1.52 bits per heavy atom. The molecule has 1 aliphatic carbocycles.